The van der Waals surface area contributed by atoms with Gasteiger partial charge >= 0.3 is 12.2 Å². The zero-order valence-corrected chi connectivity index (χ0v) is 14.9. The van der Waals surface area contributed by atoms with Gasteiger partial charge in [-0.1, -0.05) is 0 Å². The van der Waals surface area contributed by atoms with Gasteiger partial charge in [0.25, 0.3) is 0 Å². The first-order valence-electron chi connectivity index (χ1n) is 8.19. The molecule has 0 aliphatic carbocycles. The molecule has 152 valence electrons. The molecule has 0 saturated heterocycles. The number of aromatic nitrogens is 2. The number of nitrogens with one attached hydrogen (secondary N) is 2. The molecule has 1 aromatic carbocycles. The van der Waals surface area contributed by atoms with E-state index >= 15 is 0 Å². The van der Waals surface area contributed by atoms with Gasteiger partial charge in [0, 0.05) is 30.2 Å². The molecule has 11 heteroatoms. The average molecular weight is 417 g/mol. The summed E-state index contributed by atoms with van der Waals surface area (Å²) in [7, 11) is 0. The summed E-state index contributed by atoms with van der Waals surface area (Å²) in [6.45, 7) is 0. The fraction of sp³-hybridized carbons (Fsp3) is 0.0526. The number of rotatable bonds is 4. The molecule has 7 nitrogen and oxygen atoms in total. The van der Waals surface area contributed by atoms with Gasteiger partial charge in [0.15, 0.2) is 0 Å². The van der Waals surface area contributed by atoms with E-state index in [0.29, 0.717) is 6.07 Å². The van der Waals surface area contributed by atoms with Gasteiger partial charge in [-0.15, -0.1) is 0 Å². The summed E-state index contributed by atoms with van der Waals surface area (Å²) >= 11 is 0. The van der Waals surface area contributed by atoms with Crippen LogP contribution in [0.15, 0.2) is 54.9 Å². The summed E-state index contributed by atoms with van der Waals surface area (Å²) in [5.74, 6) is -0.488. The minimum Gasteiger partial charge on any atom is -0.457 e. The Bertz CT molecular complexity index is 1130. The molecule has 0 saturated carbocycles. The lowest BCUT2D eigenvalue weighted by Crippen LogP contribution is -2.20. The highest BCUT2D eigenvalue weighted by molar-refractivity contribution is 5.99. The molecule has 30 heavy (non-hydrogen) atoms. The van der Waals surface area contributed by atoms with Crippen molar-refractivity contribution in [2.24, 2.45) is 0 Å². The largest absolute Gasteiger partial charge is 0.457 e. The first-order valence-corrected chi connectivity index (χ1v) is 8.19. The van der Waals surface area contributed by atoms with Crippen LogP contribution < -0.4 is 15.4 Å². The molecule has 0 radical (unpaired) electrons. The van der Waals surface area contributed by atoms with Crippen molar-refractivity contribution in [1.29, 1.82) is 5.26 Å². The molecular weight excluding hydrogens is 406 g/mol. The molecule has 2 amide bonds. The molecule has 0 fully saturated rings. The van der Waals surface area contributed by atoms with E-state index in [-0.39, 0.29) is 28.6 Å². The van der Waals surface area contributed by atoms with Crippen LogP contribution >= 0.6 is 0 Å². The Labute approximate surface area is 167 Å². The normalized spacial score (nSPS) is 10.8. The predicted molar refractivity (Wildman–Crippen MR) is 97.3 cm³/mol. The molecule has 2 N–H and O–H groups in total. The number of nitrogens with zero attached hydrogens (tertiary/aromatic N) is 3. The van der Waals surface area contributed by atoms with Gasteiger partial charge in [0.05, 0.1) is 5.69 Å². The van der Waals surface area contributed by atoms with Gasteiger partial charge in [-0.05, 0) is 30.3 Å². The number of hydrogen-bond donors (Lipinski definition) is 2. The Balaban J connectivity index is 1.67. The topological polar surface area (TPSA) is 99.9 Å². The van der Waals surface area contributed by atoms with Crippen molar-refractivity contribution in [2.45, 2.75) is 6.18 Å². The first-order chi connectivity index (χ1) is 14.2. The summed E-state index contributed by atoms with van der Waals surface area (Å²) < 4.78 is 57.7. The number of anilines is 2. The molecule has 0 spiro atoms. The van der Waals surface area contributed by atoms with Crippen molar-refractivity contribution in [3.05, 3.63) is 72.1 Å². The van der Waals surface area contributed by atoms with Crippen LogP contribution in [0.4, 0.5) is 33.7 Å². The number of benzene rings is 1. The fourth-order valence-electron chi connectivity index (χ4n) is 2.28. The van der Waals surface area contributed by atoms with Crippen molar-refractivity contribution in [2.75, 3.05) is 10.6 Å². The minimum atomic E-state index is -4.67. The van der Waals surface area contributed by atoms with Crippen molar-refractivity contribution in [1.82, 2.24) is 9.97 Å². The number of halogens is 4. The summed E-state index contributed by atoms with van der Waals surface area (Å²) in [6.07, 6.45) is -2.42. The minimum absolute atomic E-state index is 0.0949. The molecule has 2 heterocycles. The molecule has 0 atom stereocenters. The molecule has 0 bridgehead atoms. The molecule has 0 unspecified atom stereocenters. The third-order valence-electron chi connectivity index (χ3n) is 3.58. The molecule has 0 aliphatic heterocycles. The lowest BCUT2D eigenvalue weighted by atomic mass is 10.2. The smallest absolute Gasteiger partial charge is 0.433 e. The summed E-state index contributed by atoms with van der Waals surface area (Å²) in [5.41, 5.74) is -1.45. The summed E-state index contributed by atoms with van der Waals surface area (Å²) in [4.78, 5) is 18.9. The van der Waals surface area contributed by atoms with E-state index in [4.69, 9.17) is 10.00 Å². The number of carbonyl (C=O) groups excluding carboxylic acids is 1. The highest BCUT2D eigenvalue weighted by Crippen LogP contribution is 2.29. The number of urea groups is 1. The van der Waals surface area contributed by atoms with E-state index in [0.717, 1.165) is 18.3 Å². The second-order valence-corrected chi connectivity index (χ2v) is 5.74. The van der Waals surface area contributed by atoms with E-state index in [9.17, 15) is 22.4 Å². The van der Waals surface area contributed by atoms with Crippen LogP contribution in [0.2, 0.25) is 0 Å². The van der Waals surface area contributed by atoms with Crippen molar-refractivity contribution < 1.29 is 27.1 Å². The van der Waals surface area contributed by atoms with Gasteiger partial charge in [0.1, 0.15) is 34.8 Å². The van der Waals surface area contributed by atoms with Crippen LogP contribution in [-0.4, -0.2) is 16.0 Å². The number of hydrogen-bond acceptors (Lipinski definition) is 5. The third kappa shape index (κ3) is 5.20. The number of pyridine rings is 2. The van der Waals surface area contributed by atoms with Gasteiger partial charge in [-0.25, -0.2) is 14.2 Å². The maximum Gasteiger partial charge on any atom is 0.433 e. The van der Waals surface area contributed by atoms with Gasteiger partial charge in [-0.3, -0.25) is 4.98 Å². The number of amides is 2. The Morgan fingerprint density at radius 2 is 1.73 bits per heavy atom. The van der Waals surface area contributed by atoms with Gasteiger partial charge in [-0.2, -0.15) is 18.4 Å². The fourth-order valence-corrected chi connectivity index (χ4v) is 2.28. The van der Waals surface area contributed by atoms with E-state index in [1.54, 1.807) is 0 Å². The summed E-state index contributed by atoms with van der Waals surface area (Å²) in [5, 5.41) is 13.2. The van der Waals surface area contributed by atoms with E-state index in [1.807, 2.05) is 6.07 Å². The van der Waals surface area contributed by atoms with Crippen LogP contribution in [0.1, 0.15) is 11.4 Å². The maximum absolute atomic E-state index is 14.3. The Hall–Kier alpha value is -4.20. The van der Waals surface area contributed by atoms with Crippen molar-refractivity contribution in [3.63, 3.8) is 0 Å². The standard InChI is InChI=1S/C19H11F4N5O2/c20-15-9-13(30-14-4-6-25-12(7-14)10-24)1-2-16(15)28-18(29)27-11-3-5-26-17(8-11)19(21,22)23/h1-9H,(H2,26,27,28,29). The Kier molecular flexibility index (Phi) is 5.78. The number of nitriles is 1. The summed E-state index contributed by atoms with van der Waals surface area (Å²) in [6, 6.07) is 9.11. The first kappa shape index (κ1) is 20.5. The van der Waals surface area contributed by atoms with Crippen LogP contribution in [-0.2, 0) is 6.18 Å². The second-order valence-electron chi connectivity index (χ2n) is 5.74. The average Bonchev–Trinajstić information content (AvgIpc) is 2.70. The van der Waals surface area contributed by atoms with Crippen molar-refractivity contribution >= 4 is 17.4 Å². The van der Waals surface area contributed by atoms with Crippen molar-refractivity contribution in [3.8, 4) is 17.6 Å². The quantitative estimate of drug-likeness (QED) is 0.586. The molecule has 2 aromatic heterocycles. The van der Waals surface area contributed by atoms with Crippen LogP contribution in [0.25, 0.3) is 0 Å². The SMILES string of the molecule is N#Cc1cc(Oc2ccc(NC(=O)Nc3ccnc(C(F)(F)F)c3)c(F)c2)ccn1. The predicted octanol–water partition coefficient (Wildman–Crippen LogP) is 4.94. The molecule has 0 aliphatic rings. The molecular formula is C19H11F4N5O2. The highest BCUT2D eigenvalue weighted by Gasteiger charge is 2.32. The van der Waals surface area contributed by atoms with Gasteiger partial charge < -0.3 is 15.4 Å². The van der Waals surface area contributed by atoms with Crippen LogP contribution in [0.3, 0.4) is 0 Å². The number of carbonyl (C=O) groups is 1. The zero-order chi connectivity index (χ0) is 21.7. The van der Waals surface area contributed by atoms with E-state index in [1.165, 1.54) is 30.5 Å². The van der Waals surface area contributed by atoms with E-state index in [2.05, 4.69) is 20.6 Å². The number of alkyl halides is 3. The zero-order valence-electron chi connectivity index (χ0n) is 14.9. The molecule has 3 aromatic rings. The van der Waals surface area contributed by atoms with Gasteiger partial charge in [0.2, 0.25) is 0 Å². The number of ether oxygens (including phenoxy) is 1. The lowest BCUT2D eigenvalue weighted by Gasteiger charge is -2.11. The second kappa shape index (κ2) is 8.44. The highest BCUT2D eigenvalue weighted by atomic mass is 19.4. The Morgan fingerprint density at radius 3 is 2.43 bits per heavy atom. The molecule has 3 rings (SSSR count). The monoisotopic (exact) mass is 417 g/mol. The van der Waals surface area contributed by atoms with Crippen LogP contribution in [0, 0.1) is 17.1 Å². The maximum atomic E-state index is 14.3. The van der Waals surface area contributed by atoms with E-state index < -0.39 is 23.7 Å². The lowest BCUT2D eigenvalue weighted by molar-refractivity contribution is -0.141. The van der Waals surface area contributed by atoms with Crippen LogP contribution in [0.5, 0.6) is 11.5 Å². The Morgan fingerprint density at radius 1 is 1.00 bits per heavy atom. The third-order valence-corrected chi connectivity index (χ3v) is 3.58.